The number of rotatable bonds is 10. The van der Waals surface area contributed by atoms with E-state index in [0.717, 1.165) is 34.3 Å². The van der Waals surface area contributed by atoms with Gasteiger partial charge in [-0.25, -0.2) is 4.79 Å². The Morgan fingerprint density at radius 2 is 1.86 bits per heavy atom. The SMILES string of the molecule is CCCCCCCCCCSC(=S)N1Cc2[nH]c3ccccc3c2CC1C(=O)O. The van der Waals surface area contributed by atoms with Crippen molar-refractivity contribution in [1.29, 1.82) is 0 Å². The molecular weight excluding hydrogens is 400 g/mol. The molecule has 4 nitrogen and oxygen atoms in total. The van der Waals surface area contributed by atoms with Crippen LogP contribution in [0.25, 0.3) is 10.9 Å². The summed E-state index contributed by atoms with van der Waals surface area (Å²) in [5, 5.41) is 10.9. The predicted molar refractivity (Wildman–Crippen MR) is 127 cm³/mol. The van der Waals surface area contributed by atoms with Crippen molar-refractivity contribution in [1.82, 2.24) is 9.88 Å². The van der Waals surface area contributed by atoms with Crippen LogP contribution >= 0.6 is 24.0 Å². The third-order valence-corrected chi connectivity index (χ3v) is 7.31. The average molecular weight is 433 g/mol. The zero-order chi connectivity index (χ0) is 20.6. The van der Waals surface area contributed by atoms with Gasteiger partial charge in [0.1, 0.15) is 10.4 Å². The van der Waals surface area contributed by atoms with Crippen LogP contribution in [0.3, 0.4) is 0 Å². The molecule has 3 rings (SSSR count). The zero-order valence-corrected chi connectivity index (χ0v) is 18.9. The van der Waals surface area contributed by atoms with E-state index < -0.39 is 12.0 Å². The number of carboxylic acid groups (broad SMARTS) is 1. The number of fused-ring (bicyclic) bond motifs is 3. The number of aromatic amines is 1. The van der Waals surface area contributed by atoms with Gasteiger partial charge in [-0.05, 0) is 18.1 Å². The smallest absolute Gasteiger partial charge is 0.326 e. The van der Waals surface area contributed by atoms with Crippen LogP contribution in [0.15, 0.2) is 24.3 Å². The highest BCUT2D eigenvalue weighted by Crippen LogP contribution is 2.32. The first kappa shape index (κ1) is 22.2. The van der Waals surface area contributed by atoms with Gasteiger partial charge in [0.25, 0.3) is 0 Å². The van der Waals surface area contributed by atoms with Crippen LogP contribution in [0.5, 0.6) is 0 Å². The number of hydrogen-bond donors (Lipinski definition) is 2. The quantitative estimate of drug-likeness (QED) is 0.349. The van der Waals surface area contributed by atoms with Crippen LogP contribution in [0.2, 0.25) is 0 Å². The van der Waals surface area contributed by atoms with Gasteiger partial charge in [-0.15, -0.1) is 0 Å². The molecule has 0 aliphatic carbocycles. The molecule has 6 heteroatoms. The summed E-state index contributed by atoms with van der Waals surface area (Å²) < 4.78 is 0.713. The summed E-state index contributed by atoms with van der Waals surface area (Å²) in [6.45, 7) is 2.79. The molecule has 0 bridgehead atoms. The first-order chi connectivity index (χ1) is 14.1. The van der Waals surface area contributed by atoms with Gasteiger partial charge in [0.2, 0.25) is 0 Å². The zero-order valence-electron chi connectivity index (χ0n) is 17.3. The molecule has 0 amide bonds. The molecule has 1 aromatic heterocycles. The lowest BCUT2D eigenvalue weighted by molar-refractivity contribution is -0.142. The molecule has 29 heavy (non-hydrogen) atoms. The van der Waals surface area contributed by atoms with E-state index in [1.54, 1.807) is 11.8 Å². The fourth-order valence-electron chi connectivity index (χ4n) is 4.10. The van der Waals surface area contributed by atoms with Crippen LogP contribution < -0.4 is 0 Å². The van der Waals surface area contributed by atoms with Crippen LogP contribution in [-0.4, -0.2) is 37.1 Å². The lowest BCUT2D eigenvalue weighted by Gasteiger charge is -2.34. The molecule has 0 radical (unpaired) electrons. The largest absolute Gasteiger partial charge is 0.480 e. The molecule has 158 valence electrons. The second-order valence-corrected chi connectivity index (χ2v) is 9.63. The minimum atomic E-state index is -0.795. The second kappa shape index (κ2) is 11.0. The van der Waals surface area contributed by atoms with E-state index in [1.165, 1.54) is 44.9 Å². The van der Waals surface area contributed by atoms with E-state index >= 15 is 0 Å². The molecule has 2 heterocycles. The van der Waals surface area contributed by atoms with Crippen molar-refractivity contribution >= 4 is 45.2 Å². The van der Waals surface area contributed by atoms with Crippen molar-refractivity contribution in [3.63, 3.8) is 0 Å². The first-order valence-corrected chi connectivity index (χ1v) is 12.3. The van der Waals surface area contributed by atoms with Gasteiger partial charge in [-0.3, -0.25) is 0 Å². The highest BCUT2D eigenvalue weighted by molar-refractivity contribution is 8.22. The summed E-state index contributed by atoms with van der Waals surface area (Å²) in [6.07, 6.45) is 10.8. The summed E-state index contributed by atoms with van der Waals surface area (Å²) >= 11 is 7.28. The van der Waals surface area contributed by atoms with Gasteiger partial charge in [-0.1, -0.05) is 94.0 Å². The molecule has 2 aromatic rings. The molecule has 1 aliphatic rings. The van der Waals surface area contributed by atoms with E-state index in [2.05, 4.69) is 18.0 Å². The van der Waals surface area contributed by atoms with Crippen LogP contribution in [-0.2, 0) is 17.8 Å². The van der Waals surface area contributed by atoms with E-state index in [-0.39, 0.29) is 0 Å². The number of H-pyrrole nitrogens is 1. The molecule has 0 saturated carbocycles. The Bertz CT molecular complexity index is 833. The number of aliphatic carboxylic acids is 1. The lowest BCUT2D eigenvalue weighted by Crippen LogP contribution is -2.47. The van der Waals surface area contributed by atoms with Gasteiger partial charge >= 0.3 is 5.97 Å². The van der Waals surface area contributed by atoms with Crippen LogP contribution in [0.4, 0.5) is 0 Å². The van der Waals surface area contributed by atoms with Crippen molar-refractivity contribution < 1.29 is 9.90 Å². The molecule has 0 saturated heterocycles. The monoisotopic (exact) mass is 432 g/mol. The number of unbranched alkanes of at least 4 members (excludes halogenated alkanes) is 7. The average Bonchev–Trinajstić information content (AvgIpc) is 3.09. The van der Waals surface area contributed by atoms with Crippen molar-refractivity contribution in [3.8, 4) is 0 Å². The minimum absolute atomic E-state index is 0.493. The lowest BCUT2D eigenvalue weighted by atomic mass is 9.97. The number of hydrogen-bond acceptors (Lipinski definition) is 3. The van der Waals surface area contributed by atoms with Gasteiger partial charge in [0, 0.05) is 28.8 Å². The third kappa shape index (κ3) is 5.76. The topological polar surface area (TPSA) is 56.3 Å². The standard InChI is InChI=1S/C23H32N2O2S2/c1-2-3-4-5-6-7-8-11-14-29-23(28)25-16-20-18(15-21(25)22(26)27)17-12-9-10-13-19(17)24-20/h9-10,12-13,21,24H,2-8,11,14-16H2,1H3,(H,26,27). The Balaban J connectivity index is 1.51. The summed E-state index contributed by atoms with van der Waals surface area (Å²) in [5.74, 6) is 0.173. The number of thioether (sulfide) groups is 1. The van der Waals surface area contributed by atoms with Crippen LogP contribution in [0.1, 0.15) is 69.5 Å². The Morgan fingerprint density at radius 3 is 2.59 bits per heavy atom. The Labute approximate surface area is 183 Å². The van der Waals surface area contributed by atoms with Crippen molar-refractivity contribution in [2.75, 3.05) is 5.75 Å². The first-order valence-electron chi connectivity index (χ1n) is 10.9. The van der Waals surface area contributed by atoms with Gasteiger partial charge in [0.05, 0.1) is 6.54 Å². The number of carbonyl (C=O) groups is 1. The normalized spacial score (nSPS) is 16.2. The molecule has 1 aromatic carbocycles. The van der Waals surface area contributed by atoms with Crippen LogP contribution in [0, 0.1) is 0 Å². The molecule has 2 N–H and O–H groups in total. The number of nitrogens with one attached hydrogen (secondary N) is 1. The second-order valence-electron chi connectivity index (χ2n) is 7.90. The summed E-state index contributed by atoms with van der Waals surface area (Å²) in [4.78, 5) is 17.3. The number of nitrogens with zero attached hydrogens (tertiary/aromatic N) is 1. The van der Waals surface area contributed by atoms with Crippen molar-refractivity contribution in [2.24, 2.45) is 0 Å². The highest BCUT2D eigenvalue weighted by atomic mass is 32.2. The van der Waals surface area contributed by atoms with Gasteiger partial charge < -0.3 is 15.0 Å². The number of benzene rings is 1. The molecule has 0 fully saturated rings. The van der Waals surface area contributed by atoms with E-state index in [9.17, 15) is 9.90 Å². The highest BCUT2D eigenvalue weighted by Gasteiger charge is 2.34. The molecule has 1 atom stereocenters. The molecule has 0 spiro atoms. The minimum Gasteiger partial charge on any atom is -0.480 e. The Kier molecular flexibility index (Phi) is 8.42. The fraction of sp³-hybridized carbons (Fsp3) is 0.565. The maximum Gasteiger partial charge on any atom is 0.326 e. The van der Waals surface area contributed by atoms with E-state index in [1.807, 2.05) is 23.1 Å². The van der Waals surface area contributed by atoms with E-state index in [4.69, 9.17) is 12.2 Å². The summed E-state index contributed by atoms with van der Waals surface area (Å²) in [5.41, 5.74) is 3.29. The van der Waals surface area contributed by atoms with Gasteiger partial charge in [-0.2, -0.15) is 0 Å². The third-order valence-electron chi connectivity index (χ3n) is 5.75. The number of thiocarbonyl (C=S) groups is 1. The van der Waals surface area contributed by atoms with Crippen molar-refractivity contribution in [2.45, 2.75) is 77.3 Å². The van der Waals surface area contributed by atoms with E-state index in [0.29, 0.717) is 17.3 Å². The Morgan fingerprint density at radius 1 is 1.17 bits per heavy atom. The van der Waals surface area contributed by atoms with Crippen molar-refractivity contribution in [3.05, 3.63) is 35.5 Å². The number of aromatic nitrogens is 1. The summed E-state index contributed by atoms with van der Waals surface area (Å²) in [7, 11) is 0. The molecular formula is C23H32N2O2S2. The number of para-hydroxylation sites is 1. The summed E-state index contributed by atoms with van der Waals surface area (Å²) in [6, 6.07) is 7.53. The predicted octanol–water partition coefficient (Wildman–Crippen LogP) is 6.14. The number of carboxylic acids is 1. The Hall–Kier alpha value is -1.53. The molecule has 1 unspecified atom stereocenters. The maximum absolute atomic E-state index is 11.9. The molecule has 1 aliphatic heterocycles. The van der Waals surface area contributed by atoms with Gasteiger partial charge in [0.15, 0.2) is 0 Å². The maximum atomic E-state index is 11.9. The fourth-order valence-corrected chi connectivity index (χ4v) is 5.42.